The summed E-state index contributed by atoms with van der Waals surface area (Å²) in [5, 5.41) is 5.64. The Morgan fingerprint density at radius 2 is 1.90 bits per heavy atom. The van der Waals surface area contributed by atoms with Crippen molar-refractivity contribution in [1.82, 2.24) is 10.6 Å². The van der Waals surface area contributed by atoms with Crippen LogP contribution >= 0.6 is 0 Å². The zero-order valence-corrected chi connectivity index (χ0v) is 18.7. The first-order valence-electron chi connectivity index (χ1n) is 10.6. The molecule has 7 heteroatoms. The third-order valence-corrected chi connectivity index (χ3v) is 5.79. The first-order valence-corrected chi connectivity index (χ1v) is 10.6. The van der Waals surface area contributed by atoms with Gasteiger partial charge in [-0.3, -0.25) is 14.4 Å². The molecule has 1 aliphatic rings. The minimum absolute atomic E-state index is 0.0321. The van der Waals surface area contributed by atoms with E-state index in [4.69, 9.17) is 9.15 Å². The van der Waals surface area contributed by atoms with Crippen molar-refractivity contribution in [2.45, 2.75) is 58.7 Å². The number of benzene rings is 1. The quantitative estimate of drug-likeness (QED) is 0.708. The fourth-order valence-electron chi connectivity index (χ4n) is 3.65. The topological polar surface area (TPSA) is 97.6 Å². The number of amides is 2. The minimum atomic E-state index is -1.11. The molecule has 7 nitrogen and oxygen atoms in total. The Balaban J connectivity index is 1.78. The van der Waals surface area contributed by atoms with Gasteiger partial charge in [-0.15, -0.1) is 0 Å². The standard InChI is InChI=1S/C24H30N2O5/c1-14(2)11-19(23(29)26-24(5)16(4)30-13-21(24)27)25-22(28)18-12-20(31-15(18)3)17-9-7-6-8-10-17/h6-10,12,14,16,19H,11,13H2,1-5H3,(H,25,28)(H,26,29)/t16-,19?,24-/m1/s1. The molecule has 2 amide bonds. The van der Waals surface area contributed by atoms with Crippen molar-refractivity contribution < 1.29 is 23.5 Å². The average molecular weight is 427 g/mol. The Hall–Kier alpha value is -2.93. The molecule has 1 aromatic heterocycles. The van der Waals surface area contributed by atoms with Crippen LogP contribution in [0.1, 0.15) is 50.2 Å². The number of ether oxygens (including phenoxy) is 1. The average Bonchev–Trinajstić information content (AvgIpc) is 3.23. The summed E-state index contributed by atoms with van der Waals surface area (Å²) in [7, 11) is 0. The van der Waals surface area contributed by atoms with Gasteiger partial charge < -0.3 is 19.8 Å². The summed E-state index contributed by atoms with van der Waals surface area (Å²) in [6, 6.07) is 10.4. The number of nitrogens with one attached hydrogen (secondary N) is 2. The summed E-state index contributed by atoms with van der Waals surface area (Å²) in [5.41, 5.74) is 0.131. The third kappa shape index (κ3) is 4.88. The summed E-state index contributed by atoms with van der Waals surface area (Å²) in [5.74, 6) is 0.238. The summed E-state index contributed by atoms with van der Waals surface area (Å²) >= 11 is 0. The molecular formula is C24H30N2O5. The highest BCUT2D eigenvalue weighted by molar-refractivity contribution is 6.01. The molecule has 0 radical (unpaired) electrons. The van der Waals surface area contributed by atoms with E-state index < -0.39 is 29.5 Å². The second kappa shape index (κ2) is 9.06. The fraction of sp³-hybridized carbons (Fsp3) is 0.458. The summed E-state index contributed by atoms with van der Waals surface area (Å²) in [6.45, 7) is 9.03. The van der Waals surface area contributed by atoms with E-state index in [1.165, 1.54) is 0 Å². The largest absolute Gasteiger partial charge is 0.461 e. The Morgan fingerprint density at radius 1 is 1.23 bits per heavy atom. The lowest BCUT2D eigenvalue weighted by Crippen LogP contribution is -2.60. The lowest BCUT2D eigenvalue weighted by Gasteiger charge is -2.30. The molecule has 0 aliphatic carbocycles. The number of hydrogen-bond donors (Lipinski definition) is 2. The van der Waals surface area contributed by atoms with Crippen molar-refractivity contribution in [3.05, 3.63) is 47.7 Å². The molecule has 2 aromatic rings. The Kier molecular flexibility index (Phi) is 6.65. The van der Waals surface area contributed by atoms with E-state index in [0.29, 0.717) is 23.5 Å². The molecular weight excluding hydrogens is 396 g/mol. The van der Waals surface area contributed by atoms with Crippen LogP contribution in [-0.2, 0) is 14.3 Å². The van der Waals surface area contributed by atoms with E-state index in [0.717, 1.165) is 5.56 Å². The maximum Gasteiger partial charge on any atom is 0.255 e. The van der Waals surface area contributed by atoms with E-state index in [9.17, 15) is 14.4 Å². The first-order chi connectivity index (χ1) is 14.6. The van der Waals surface area contributed by atoms with Gasteiger partial charge in [0.05, 0.1) is 11.7 Å². The Morgan fingerprint density at radius 3 is 2.48 bits per heavy atom. The SMILES string of the molecule is Cc1oc(-c2ccccc2)cc1C(=O)NC(CC(C)C)C(=O)N[C@@]1(C)C(=O)CO[C@@H]1C. The van der Waals surface area contributed by atoms with Crippen LogP contribution in [0.3, 0.4) is 0 Å². The number of carbonyl (C=O) groups excluding carboxylic acids is 3. The van der Waals surface area contributed by atoms with Crippen LogP contribution in [0.4, 0.5) is 0 Å². The van der Waals surface area contributed by atoms with Crippen molar-refractivity contribution in [3.8, 4) is 11.3 Å². The zero-order chi connectivity index (χ0) is 22.8. The number of Topliss-reactive ketones (excluding diaryl/α,β-unsaturated/α-hetero) is 1. The number of ketones is 1. The fourth-order valence-corrected chi connectivity index (χ4v) is 3.65. The molecule has 1 unspecified atom stereocenters. The van der Waals surface area contributed by atoms with Crippen molar-refractivity contribution in [2.24, 2.45) is 5.92 Å². The summed E-state index contributed by atoms with van der Waals surface area (Å²) < 4.78 is 11.2. The summed E-state index contributed by atoms with van der Waals surface area (Å²) in [4.78, 5) is 38.3. The monoisotopic (exact) mass is 426 g/mol. The highest BCUT2D eigenvalue weighted by atomic mass is 16.5. The van der Waals surface area contributed by atoms with E-state index in [-0.39, 0.29) is 18.3 Å². The highest BCUT2D eigenvalue weighted by Crippen LogP contribution is 2.26. The van der Waals surface area contributed by atoms with Crippen molar-refractivity contribution >= 4 is 17.6 Å². The molecule has 31 heavy (non-hydrogen) atoms. The number of carbonyl (C=O) groups is 3. The molecule has 1 aliphatic heterocycles. The van der Waals surface area contributed by atoms with E-state index in [1.54, 1.807) is 26.8 Å². The lowest BCUT2D eigenvalue weighted by atomic mass is 9.92. The highest BCUT2D eigenvalue weighted by Gasteiger charge is 2.47. The Labute approximate surface area is 182 Å². The molecule has 0 spiro atoms. The van der Waals surface area contributed by atoms with Crippen LogP contribution in [-0.4, -0.2) is 41.9 Å². The third-order valence-electron chi connectivity index (χ3n) is 5.79. The minimum Gasteiger partial charge on any atom is -0.461 e. The van der Waals surface area contributed by atoms with Crippen LogP contribution in [0.5, 0.6) is 0 Å². The molecule has 0 bridgehead atoms. The molecule has 2 N–H and O–H groups in total. The van der Waals surface area contributed by atoms with Crippen molar-refractivity contribution in [1.29, 1.82) is 0 Å². The van der Waals surface area contributed by atoms with Gasteiger partial charge in [-0.1, -0.05) is 44.2 Å². The van der Waals surface area contributed by atoms with Gasteiger partial charge in [-0.2, -0.15) is 0 Å². The normalized spacial score (nSPS) is 21.9. The van der Waals surface area contributed by atoms with Gasteiger partial charge >= 0.3 is 0 Å². The van der Waals surface area contributed by atoms with Crippen LogP contribution < -0.4 is 10.6 Å². The molecule has 2 heterocycles. The van der Waals surface area contributed by atoms with Crippen LogP contribution in [0.2, 0.25) is 0 Å². The van der Waals surface area contributed by atoms with Gasteiger partial charge in [0.25, 0.3) is 5.91 Å². The van der Waals surface area contributed by atoms with Crippen LogP contribution in [0.15, 0.2) is 40.8 Å². The number of aryl methyl sites for hydroxylation is 1. The van der Waals surface area contributed by atoms with Gasteiger partial charge in [-0.05, 0) is 39.2 Å². The summed E-state index contributed by atoms with van der Waals surface area (Å²) in [6.07, 6.45) is -0.0108. The predicted octanol–water partition coefficient (Wildman–Crippen LogP) is 3.26. The molecule has 1 aromatic carbocycles. The van der Waals surface area contributed by atoms with Gasteiger partial charge in [0.2, 0.25) is 5.91 Å². The number of furan rings is 1. The molecule has 3 atom stereocenters. The van der Waals surface area contributed by atoms with Crippen molar-refractivity contribution in [2.75, 3.05) is 6.61 Å². The van der Waals surface area contributed by atoms with E-state index in [2.05, 4.69) is 10.6 Å². The molecule has 166 valence electrons. The first kappa shape index (κ1) is 22.7. The second-order valence-electron chi connectivity index (χ2n) is 8.67. The lowest BCUT2D eigenvalue weighted by molar-refractivity contribution is -0.130. The molecule has 3 rings (SSSR count). The maximum atomic E-state index is 13.1. The number of hydrogen-bond acceptors (Lipinski definition) is 5. The number of rotatable bonds is 7. The zero-order valence-electron chi connectivity index (χ0n) is 18.7. The van der Waals surface area contributed by atoms with E-state index >= 15 is 0 Å². The van der Waals surface area contributed by atoms with Gasteiger partial charge in [0.1, 0.15) is 29.7 Å². The van der Waals surface area contributed by atoms with Crippen LogP contribution in [0.25, 0.3) is 11.3 Å². The van der Waals surface area contributed by atoms with Gasteiger partial charge in [0, 0.05) is 5.56 Å². The van der Waals surface area contributed by atoms with Gasteiger partial charge in [-0.25, -0.2) is 0 Å². The predicted molar refractivity (Wildman–Crippen MR) is 117 cm³/mol. The molecule has 1 fully saturated rings. The Bertz CT molecular complexity index is 966. The van der Waals surface area contributed by atoms with Crippen LogP contribution in [0, 0.1) is 12.8 Å². The van der Waals surface area contributed by atoms with Gasteiger partial charge in [0.15, 0.2) is 5.78 Å². The smallest absolute Gasteiger partial charge is 0.255 e. The molecule has 1 saturated heterocycles. The second-order valence-corrected chi connectivity index (χ2v) is 8.67. The molecule has 0 saturated carbocycles. The van der Waals surface area contributed by atoms with E-state index in [1.807, 2.05) is 44.2 Å². The van der Waals surface area contributed by atoms with Crippen molar-refractivity contribution in [3.63, 3.8) is 0 Å². The maximum absolute atomic E-state index is 13.1.